The lowest BCUT2D eigenvalue weighted by atomic mass is 9.97. The topological polar surface area (TPSA) is 72.0 Å². The smallest absolute Gasteiger partial charge is 0.215 e. The van der Waals surface area contributed by atoms with Gasteiger partial charge in [-0.25, -0.2) is 14.4 Å². The predicted molar refractivity (Wildman–Crippen MR) is 97.8 cm³/mol. The molecule has 2 aromatic rings. The van der Waals surface area contributed by atoms with Crippen molar-refractivity contribution in [1.29, 1.82) is 0 Å². The predicted octanol–water partition coefficient (Wildman–Crippen LogP) is 3.91. The second-order valence-corrected chi connectivity index (χ2v) is 6.59. The maximum absolute atomic E-state index is 15.2. The van der Waals surface area contributed by atoms with E-state index < -0.39 is 11.6 Å². The van der Waals surface area contributed by atoms with Crippen molar-refractivity contribution in [2.24, 2.45) is 0 Å². The summed E-state index contributed by atoms with van der Waals surface area (Å²) in [4.78, 5) is 31.6. The molecule has 1 aromatic heterocycles. The first-order chi connectivity index (χ1) is 12.3. The molecule has 5 nitrogen and oxygen atoms in total. The van der Waals surface area contributed by atoms with E-state index in [0.717, 1.165) is 0 Å². The minimum Gasteiger partial charge on any atom is -0.307 e. The van der Waals surface area contributed by atoms with Crippen LogP contribution in [0.1, 0.15) is 61.3 Å². The molecule has 0 bridgehead atoms. The van der Waals surface area contributed by atoms with Gasteiger partial charge in [0.25, 0.3) is 0 Å². The first-order valence-electron chi connectivity index (χ1n) is 8.39. The number of nitrogens with zero attached hydrogens (tertiary/aromatic N) is 2. The highest BCUT2D eigenvalue weighted by molar-refractivity contribution is 6.35. The number of rotatable bonds is 8. The molecule has 0 spiro atoms. The van der Waals surface area contributed by atoms with Gasteiger partial charge in [0.05, 0.1) is 10.6 Å². The summed E-state index contributed by atoms with van der Waals surface area (Å²) in [6.07, 6.45) is 3.57. The lowest BCUT2D eigenvalue weighted by Gasteiger charge is -2.23. The second kappa shape index (κ2) is 8.96. The van der Waals surface area contributed by atoms with Crippen LogP contribution in [0.4, 0.5) is 4.39 Å². The average molecular weight is 378 g/mol. The molecule has 0 fully saturated rings. The number of carbonyl (C=O) groups is 2. The fourth-order valence-electron chi connectivity index (χ4n) is 2.86. The highest BCUT2D eigenvalue weighted by Gasteiger charge is 2.25. The zero-order chi connectivity index (χ0) is 19.3. The standard InChI is InChI=1S/C19H21ClFN3O2/c1-4-15(24-11(2)9-12(3)25)13-5-6-14(20)17(18(13)21)19(26)16-7-8-22-10-23-16/h5-8,10-11,15,24H,4,9H2,1-3H3/t11-,15+/m0/s1. The van der Waals surface area contributed by atoms with Crippen LogP contribution in [0.2, 0.25) is 5.02 Å². The minimum absolute atomic E-state index is 0.0292. The Morgan fingerprint density at radius 2 is 2.04 bits per heavy atom. The van der Waals surface area contributed by atoms with Gasteiger partial charge in [0.15, 0.2) is 0 Å². The van der Waals surface area contributed by atoms with Gasteiger partial charge in [0, 0.05) is 30.3 Å². The molecule has 0 aliphatic carbocycles. The molecule has 0 amide bonds. The van der Waals surface area contributed by atoms with Gasteiger partial charge in [0.2, 0.25) is 5.78 Å². The number of hydrogen-bond acceptors (Lipinski definition) is 5. The van der Waals surface area contributed by atoms with E-state index in [9.17, 15) is 9.59 Å². The summed E-state index contributed by atoms with van der Waals surface area (Å²) in [5.41, 5.74) is 0.205. The van der Waals surface area contributed by atoms with Crippen molar-refractivity contribution in [3.63, 3.8) is 0 Å². The van der Waals surface area contributed by atoms with Gasteiger partial charge in [0.1, 0.15) is 23.6 Å². The van der Waals surface area contributed by atoms with Gasteiger partial charge in [-0.3, -0.25) is 9.59 Å². The third-order valence-corrected chi connectivity index (χ3v) is 4.34. The normalized spacial score (nSPS) is 13.3. The number of benzene rings is 1. The summed E-state index contributed by atoms with van der Waals surface area (Å²) in [6.45, 7) is 5.28. The van der Waals surface area contributed by atoms with Gasteiger partial charge < -0.3 is 5.32 Å². The van der Waals surface area contributed by atoms with Crippen molar-refractivity contribution in [1.82, 2.24) is 15.3 Å². The number of nitrogens with one attached hydrogen (secondary N) is 1. The van der Waals surface area contributed by atoms with Crippen LogP contribution >= 0.6 is 11.6 Å². The van der Waals surface area contributed by atoms with Crippen molar-refractivity contribution in [2.75, 3.05) is 0 Å². The number of Topliss-reactive ketones (excluding diaryl/α,β-unsaturated/α-hetero) is 1. The molecule has 7 heteroatoms. The van der Waals surface area contributed by atoms with Gasteiger partial charge in [-0.1, -0.05) is 24.6 Å². The van der Waals surface area contributed by atoms with Gasteiger partial charge >= 0.3 is 0 Å². The van der Waals surface area contributed by atoms with Crippen LogP contribution in [0.5, 0.6) is 0 Å². The molecule has 1 N–H and O–H groups in total. The van der Waals surface area contributed by atoms with Crippen LogP contribution < -0.4 is 5.32 Å². The number of hydrogen-bond donors (Lipinski definition) is 1. The van der Waals surface area contributed by atoms with Crippen molar-refractivity contribution < 1.29 is 14.0 Å². The number of halogens is 2. The Labute approximate surface area is 157 Å². The molecule has 0 saturated carbocycles. The molecule has 0 aliphatic rings. The van der Waals surface area contributed by atoms with E-state index >= 15 is 4.39 Å². The zero-order valence-corrected chi connectivity index (χ0v) is 15.7. The average Bonchev–Trinajstić information content (AvgIpc) is 2.60. The summed E-state index contributed by atoms with van der Waals surface area (Å²) in [5.74, 6) is -1.21. The number of aromatic nitrogens is 2. The van der Waals surface area contributed by atoms with E-state index in [-0.39, 0.29) is 34.1 Å². The van der Waals surface area contributed by atoms with Crippen LogP contribution in [0.25, 0.3) is 0 Å². The third-order valence-electron chi connectivity index (χ3n) is 4.03. The van der Waals surface area contributed by atoms with Gasteiger partial charge in [-0.05, 0) is 32.4 Å². The van der Waals surface area contributed by atoms with Crippen LogP contribution in [-0.4, -0.2) is 27.6 Å². The Bertz CT molecular complexity index is 799. The maximum Gasteiger partial charge on any atom is 0.215 e. The van der Waals surface area contributed by atoms with E-state index in [2.05, 4.69) is 15.3 Å². The Morgan fingerprint density at radius 1 is 1.31 bits per heavy atom. The molecule has 2 atom stereocenters. The van der Waals surface area contributed by atoms with Crippen LogP contribution in [0, 0.1) is 5.82 Å². The van der Waals surface area contributed by atoms with E-state index in [1.165, 1.54) is 31.6 Å². The summed E-state index contributed by atoms with van der Waals surface area (Å²) in [7, 11) is 0. The summed E-state index contributed by atoms with van der Waals surface area (Å²) in [6, 6.07) is 4.02. The number of ketones is 2. The Hall–Kier alpha value is -2.18. The fourth-order valence-corrected chi connectivity index (χ4v) is 3.09. The van der Waals surface area contributed by atoms with Crippen LogP contribution in [0.3, 0.4) is 0 Å². The van der Waals surface area contributed by atoms with Crippen LogP contribution in [0.15, 0.2) is 30.7 Å². The summed E-state index contributed by atoms with van der Waals surface area (Å²) >= 11 is 6.10. The van der Waals surface area contributed by atoms with Crippen molar-refractivity contribution in [3.8, 4) is 0 Å². The van der Waals surface area contributed by atoms with E-state index in [4.69, 9.17) is 11.6 Å². The Balaban J connectivity index is 2.38. The SMILES string of the molecule is CC[C@@H](N[C@@H](C)CC(C)=O)c1ccc(Cl)c(C(=O)c2ccncn2)c1F. The molecule has 1 heterocycles. The lowest BCUT2D eigenvalue weighted by molar-refractivity contribution is -0.117. The molecule has 138 valence electrons. The molecular formula is C19H21ClFN3O2. The summed E-state index contributed by atoms with van der Waals surface area (Å²) < 4.78 is 15.2. The van der Waals surface area contributed by atoms with E-state index in [1.54, 1.807) is 6.07 Å². The molecule has 0 aliphatic heterocycles. The second-order valence-electron chi connectivity index (χ2n) is 6.18. The first kappa shape index (κ1) is 20.1. The Morgan fingerprint density at radius 3 is 2.62 bits per heavy atom. The maximum atomic E-state index is 15.2. The molecule has 0 saturated heterocycles. The molecule has 0 radical (unpaired) electrons. The molecule has 26 heavy (non-hydrogen) atoms. The van der Waals surface area contributed by atoms with Gasteiger partial charge in [-0.2, -0.15) is 0 Å². The minimum atomic E-state index is -0.671. The van der Waals surface area contributed by atoms with Crippen molar-refractivity contribution in [2.45, 2.75) is 45.7 Å². The Kier molecular flexibility index (Phi) is 6.94. The van der Waals surface area contributed by atoms with E-state index in [0.29, 0.717) is 18.4 Å². The molecule has 1 aromatic carbocycles. The molecule has 2 rings (SSSR count). The first-order valence-corrected chi connectivity index (χ1v) is 8.77. The fraction of sp³-hybridized carbons (Fsp3) is 0.368. The van der Waals surface area contributed by atoms with Crippen molar-refractivity contribution >= 4 is 23.2 Å². The lowest BCUT2D eigenvalue weighted by Crippen LogP contribution is -2.32. The highest BCUT2D eigenvalue weighted by Crippen LogP contribution is 2.29. The summed E-state index contributed by atoms with van der Waals surface area (Å²) in [5, 5.41) is 3.27. The number of carbonyl (C=O) groups excluding carboxylic acids is 2. The monoisotopic (exact) mass is 377 g/mol. The molecular weight excluding hydrogens is 357 g/mol. The highest BCUT2D eigenvalue weighted by atomic mass is 35.5. The zero-order valence-electron chi connectivity index (χ0n) is 14.9. The largest absolute Gasteiger partial charge is 0.307 e. The van der Waals surface area contributed by atoms with Crippen LogP contribution in [-0.2, 0) is 4.79 Å². The van der Waals surface area contributed by atoms with Crippen molar-refractivity contribution in [3.05, 3.63) is 58.4 Å². The van der Waals surface area contributed by atoms with Gasteiger partial charge in [-0.15, -0.1) is 0 Å². The van der Waals surface area contributed by atoms with E-state index in [1.807, 2.05) is 13.8 Å². The molecule has 0 unspecified atom stereocenters. The quantitative estimate of drug-likeness (QED) is 0.706. The third kappa shape index (κ3) is 4.71.